The minimum absolute atomic E-state index is 0.123. The van der Waals surface area contributed by atoms with E-state index in [4.69, 9.17) is 0 Å². The van der Waals surface area contributed by atoms with Crippen LogP contribution in [0, 0.1) is 17.8 Å². The lowest BCUT2D eigenvalue weighted by molar-refractivity contribution is -0.121. The molecule has 5 rings (SSSR count). The van der Waals surface area contributed by atoms with Gasteiger partial charge in [-0.3, -0.25) is 19.5 Å². The van der Waals surface area contributed by atoms with Gasteiger partial charge in [0, 0.05) is 44.0 Å². The SMILES string of the molecule is CCN1CCC(CCNC(=O)CCC[C@@H]2[C@H]3CCCN4CCC[C@@H](CN2C(=O)c2cccnc2)[C@@H]34)CC1. The van der Waals surface area contributed by atoms with Crippen molar-refractivity contribution in [3.8, 4) is 0 Å². The minimum atomic E-state index is 0.123. The fraction of sp³-hybridized carbons (Fsp3) is 0.767. The number of pyridine rings is 1. The van der Waals surface area contributed by atoms with Crippen LogP contribution in [0.15, 0.2) is 24.5 Å². The summed E-state index contributed by atoms with van der Waals surface area (Å²) >= 11 is 0. The molecule has 0 aliphatic carbocycles. The Morgan fingerprint density at radius 2 is 1.86 bits per heavy atom. The number of hydrogen-bond acceptors (Lipinski definition) is 5. The highest BCUT2D eigenvalue weighted by molar-refractivity contribution is 5.94. The zero-order valence-corrected chi connectivity index (χ0v) is 22.8. The molecular formula is C30H47N5O2. The van der Waals surface area contributed by atoms with Gasteiger partial charge < -0.3 is 15.1 Å². The summed E-state index contributed by atoms with van der Waals surface area (Å²) in [7, 11) is 0. The van der Waals surface area contributed by atoms with Crippen LogP contribution in [0.25, 0.3) is 0 Å². The van der Waals surface area contributed by atoms with E-state index in [-0.39, 0.29) is 17.9 Å². The molecule has 37 heavy (non-hydrogen) atoms. The van der Waals surface area contributed by atoms with E-state index in [1.165, 1.54) is 64.7 Å². The van der Waals surface area contributed by atoms with Gasteiger partial charge in [0.2, 0.25) is 5.91 Å². The van der Waals surface area contributed by atoms with Crippen molar-refractivity contribution in [1.82, 2.24) is 25.0 Å². The third-order valence-electron chi connectivity index (χ3n) is 9.77. The highest BCUT2D eigenvalue weighted by atomic mass is 16.2. The van der Waals surface area contributed by atoms with E-state index >= 15 is 0 Å². The largest absolute Gasteiger partial charge is 0.356 e. The number of carbonyl (C=O) groups excluding carboxylic acids is 2. The molecule has 1 aromatic rings. The number of rotatable bonds is 9. The number of nitrogens with one attached hydrogen (secondary N) is 1. The Hall–Kier alpha value is -1.99. The van der Waals surface area contributed by atoms with Crippen LogP contribution in [-0.2, 0) is 4.79 Å². The van der Waals surface area contributed by atoms with Gasteiger partial charge in [0.05, 0.1) is 5.56 Å². The first-order valence-electron chi connectivity index (χ1n) is 15.1. The molecule has 4 atom stereocenters. The van der Waals surface area contributed by atoms with Gasteiger partial charge >= 0.3 is 0 Å². The predicted octanol–water partition coefficient (Wildman–Crippen LogP) is 3.81. The van der Waals surface area contributed by atoms with Crippen molar-refractivity contribution in [2.75, 3.05) is 45.8 Å². The second-order valence-corrected chi connectivity index (χ2v) is 11.9. The van der Waals surface area contributed by atoms with Crippen LogP contribution >= 0.6 is 0 Å². The number of carbonyl (C=O) groups is 2. The van der Waals surface area contributed by atoms with Crippen LogP contribution in [0.4, 0.5) is 0 Å². The minimum Gasteiger partial charge on any atom is -0.356 e. The third-order valence-corrected chi connectivity index (χ3v) is 9.77. The number of likely N-dealkylation sites (tertiary alicyclic amines) is 2. The van der Waals surface area contributed by atoms with E-state index in [0.29, 0.717) is 29.9 Å². The van der Waals surface area contributed by atoms with Crippen LogP contribution in [0.2, 0.25) is 0 Å². The summed E-state index contributed by atoms with van der Waals surface area (Å²) < 4.78 is 0. The van der Waals surface area contributed by atoms with E-state index in [2.05, 4.69) is 31.9 Å². The van der Waals surface area contributed by atoms with E-state index in [1.54, 1.807) is 12.4 Å². The third kappa shape index (κ3) is 6.36. The van der Waals surface area contributed by atoms with Crippen LogP contribution in [0.1, 0.15) is 81.5 Å². The maximum absolute atomic E-state index is 13.7. The lowest BCUT2D eigenvalue weighted by Crippen LogP contribution is -2.65. The van der Waals surface area contributed by atoms with Crippen LogP contribution in [0.5, 0.6) is 0 Å². The van der Waals surface area contributed by atoms with Crippen LogP contribution in [-0.4, -0.2) is 89.4 Å². The zero-order valence-electron chi connectivity index (χ0n) is 22.8. The lowest BCUT2D eigenvalue weighted by Gasteiger charge is -2.57. The fourth-order valence-electron chi connectivity index (χ4n) is 7.82. The average molecular weight is 510 g/mol. The molecule has 0 unspecified atom stereocenters. The molecule has 1 aromatic heterocycles. The standard InChI is InChI=1S/C30H47N5O2/c1-2-33-19-13-23(14-20-33)12-16-32-28(36)11-3-10-27-26-9-6-18-34-17-5-8-25(29(26)34)22-35(27)30(37)24-7-4-15-31-21-24/h4,7,15,21,23,25-27,29H,2-3,5-6,8-14,16-20,22H2,1H3,(H,32,36)/t25-,26+,27+,29-/m0/s1. The van der Waals surface area contributed by atoms with E-state index in [9.17, 15) is 9.59 Å². The van der Waals surface area contributed by atoms with Gasteiger partial charge in [-0.1, -0.05) is 6.92 Å². The molecule has 204 valence electrons. The molecule has 0 spiro atoms. The lowest BCUT2D eigenvalue weighted by atomic mass is 9.69. The predicted molar refractivity (Wildman–Crippen MR) is 146 cm³/mol. The molecule has 7 nitrogen and oxygen atoms in total. The maximum Gasteiger partial charge on any atom is 0.255 e. The normalized spacial score (nSPS) is 29.1. The first-order valence-corrected chi connectivity index (χ1v) is 15.1. The second kappa shape index (κ2) is 12.7. The highest BCUT2D eigenvalue weighted by Crippen LogP contribution is 2.43. The summed E-state index contributed by atoms with van der Waals surface area (Å²) in [6.45, 7) is 9.85. The molecule has 0 radical (unpaired) electrons. The number of nitrogens with zero attached hydrogens (tertiary/aromatic N) is 4. The molecule has 5 heterocycles. The smallest absolute Gasteiger partial charge is 0.255 e. The van der Waals surface area contributed by atoms with Gasteiger partial charge in [0.1, 0.15) is 0 Å². The Morgan fingerprint density at radius 3 is 2.62 bits per heavy atom. The Labute approximate surface area is 223 Å². The van der Waals surface area contributed by atoms with Crippen molar-refractivity contribution in [2.24, 2.45) is 17.8 Å². The first-order chi connectivity index (χ1) is 18.1. The van der Waals surface area contributed by atoms with Gasteiger partial charge in [0.15, 0.2) is 0 Å². The molecule has 0 bridgehead atoms. The molecule has 4 saturated heterocycles. The summed E-state index contributed by atoms with van der Waals surface area (Å²) in [5.41, 5.74) is 0.692. The highest BCUT2D eigenvalue weighted by Gasteiger charge is 2.49. The maximum atomic E-state index is 13.7. The van der Waals surface area contributed by atoms with E-state index in [1.807, 2.05) is 12.1 Å². The number of amides is 2. The van der Waals surface area contributed by atoms with Crippen LogP contribution < -0.4 is 5.32 Å². The summed E-state index contributed by atoms with van der Waals surface area (Å²) in [4.78, 5) is 38.0. The van der Waals surface area contributed by atoms with Crippen molar-refractivity contribution < 1.29 is 9.59 Å². The second-order valence-electron chi connectivity index (χ2n) is 11.9. The molecule has 1 N–H and O–H groups in total. The Morgan fingerprint density at radius 1 is 1.05 bits per heavy atom. The Balaban J connectivity index is 1.16. The van der Waals surface area contributed by atoms with Gasteiger partial charge in [-0.25, -0.2) is 0 Å². The number of aromatic nitrogens is 1. The van der Waals surface area contributed by atoms with Crippen molar-refractivity contribution >= 4 is 11.8 Å². The molecule has 4 aliphatic heterocycles. The summed E-state index contributed by atoms with van der Waals surface area (Å²) in [6.07, 6.45) is 14.2. The number of piperidine rings is 4. The van der Waals surface area contributed by atoms with Crippen molar-refractivity contribution in [3.05, 3.63) is 30.1 Å². The monoisotopic (exact) mass is 509 g/mol. The molecule has 2 amide bonds. The summed E-state index contributed by atoms with van der Waals surface area (Å²) in [5.74, 6) is 2.13. The van der Waals surface area contributed by atoms with Gasteiger partial charge in [-0.15, -0.1) is 0 Å². The van der Waals surface area contributed by atoms with Crippen molar-refractivity contribution in [1.29, 1.82) is 0 Å². The molecule has 0 aromatic carbocycles. The van der Waals surface area contributed by atoms with Crippen molar-refractivity contribution in [2.45, 2.75) is 83.2 Å². The molecule has 4 fully saturated rings. The molecule has 0 saturated carbocycles. The fourth-order valence-corrected chi connectivity index (χ4v) is 7.82. The first kappa shape index (κ1) is 26.6. The Bertz CT molecular complexity index is 885. The molecule has 7 heteroatoms. The molecule has 4 aliphatic rings. The average Bonchev–Trinajstić information content (AvgIpc) is 2.94. The Kier molecular flexibility index (Phi) is 9.14. The van der Waals surface area contributed by atoms with Gasteiger partial charge in [-0.05, 0) is 120 Å². The quantitative estimate of drug-likeness (QED) is 0.548. The van der Waals surface area contributed by atoms with E-state index < -0.39 is 0 Å². The van der Waals surface area contributed by atoms with E-state index in [0.717, 1.165) is 44.8 Å². The van der Waals surface area contributed by atoms with Crippen molar-refractivity contribution in [3.63, 3.8) is 0 Å². The summed E-state index contributed by atoms with van der Waals surface area (Å²) in [6, 6.07) is 4.58. The van der Waals surface area contributed by atoms with Gasteiger partial charge in [-0.2, -0.15) is 0 Å². The molecular weight excluding hydrogens is 462 g/mol. The van der Waals surface area contributed by atoms with Crippen LogP contribution in [0.3, 0.4) is 0 Å². The number of hydrogen-bond donors (Lipinski definition) is 1. The van der Waals surface area contributed by atoms with Gasteiger partial charge in [0.25, 0.3) is 5.91 Å². The summed E-state index contributed by atoms with van der Waals surface area (Å²) in [5, 5.41) is 3.19. The topological polar surface area (TPSA) is 68.8 Å². The zero-order chi connectivity index (χ0) is 25.6.